The van der Waals surface area contributed by atoms with Crippen molar-refractivity contribution in [3.8, 4) is 0 Å². The third kappa shape index (κ3) is 2.98. The summed E-state index contributed by atoms with van der Waals surface area (Å²) in [5, 5.41) is 0. The van der Waals surface area contributed by atoms with Gasteiger partial charge in [0.25, 0.3) is 0 Å². The fourth-order valence-corrected chi connectivity index (χ4v) is 3.94. The summed E-state index contributed by atoms with van der Waals surface area (Å²) in [6, 6.07) is 0. The first-order valence-corrected chi connectivity index (χ1v) is 7.35. The molecule has 0 heteroatoms. The minimum Gasteiger partial charge on any atom is -0.0654 e. The molecule has 2 aliphatic carbocycles. The Morgan fingerprint density at radius 1 is 0.933 bits per heavy atom. The molecule has 2 fully saturated rings. The highest BCUT2D eigenvalue weighted by atomic mass is 14.5. The minimum absolute atomic E-state index is 0.857. The van der Waals surface area contributed by atoms with Crippen LogP contribution in [0, 0.1) is 11.3 Å². The van der Waals surface area contributed by atoms with Gasteiger partial charge in [0.05, 0.1) is 0 Å². The molecule has 15 heavy (non-hydrogen) atoms. The van der Waals surface area contributed by atoms with E-state index in [1.165, 1.54) is 38.5 Å². The number of rotatable bonds is 7. The molecule has 0 N–H and O–H groups in total. The molecule has 88 valence electrons. The molecule has 0 spiro atoms. The molecule has 0 unspecified atom stereocenters. The van der Waals surface area contributed by atoms with Crippen molar-refractivity contribution in [3.63, 3.8) is 0 Å². The second kappa shape index (κ2) is 5.37. The van der Waals surface area contributed by atoms with Crippen LogP contribution in [0.25, 0.3) is 0 Å². The Bertz CT molecular complexity index is 174. The van der Waals surface area contributed by atoms with Gasteiger partial charge in [-0.3, -0.25) is 0 Å². The second-order valence-electron chi connectivity index (χ2n) is 6.17. The van der Waals surface area contributed by atoms with Crippen LogP contribution in [-0.2, 0) is 0 Å². The molecular formula is C15H28. The van der Waals surface area contributed by atoms with E-state index in [1.54, 1.807) is 38.5 Å². The fraction of sp³-hybridized carbons (Fsp3) is 1.00. The van der Waals surface area contributed by atoms with Crippen LogP contribution >= 0.6 is 0 Å². The highest BCUT2D eigenvalue weighted by molar-refractivity contribution is 4.95. The summed E-state index contributed by atoms with van der Waals surface area (Å²) in [4.78, 5) is 0. The third-order valence-corrected chi connectivity index (χ3v) is 4.95. The molecule has 0 nitrogen and oxygen atoms in total. The van der Waals surface area contributed by atoms with E-state index in [4.69, 9.17) is 0 Å². The van der Waals surface area contributed by atoms with Crippen molar-refractivity contribution in [2.45, 2.75) is 84.0 Å². The molecule has 0 aliphatic heterocycles. The summed E-state index contributed by atoms with van der Waals surface area (Å²) in [7, 11) is 0. The van der Waals surface area contributed by atoms with Gasteiger partial charge in [-0.2, -0.15) is 0 Å². The first-order chi connectivity index (χ1) is 7.35. The summed E-state index contributed by atoms with van der Waals surface area (Å²) >= 11 is 0. The number of fused-ring (bicyclic) bond motifs is 2. The zero-order chi connectivity index (χ0) is 10.6. The quantitative estimate of drug-likeness (QED) is 0.497. The van der Waals surface area contributed by atoms with Crippen molar-refractivity contribution < 1.29 is 0 Å². The molecular weight excluding hydrogens is 180 g/mol. The molecule has 0 radical (unpaired) electrons. The first-order valence-electron chi connectivity index (χ1n) is 7.35. The molecule has 0 heterocycles. The van der Waals surface area contributed by atoms with Crippen LogP contribution in [0.15, 0.2) is 0 Å². The van der Waals surface area contributed by atoms with Gasteiger partial charge in [-0.05, 0) is 49.9 Å². The van der Waals surface area contributed by atoms with E-state index < -0.39 is 0 Å². The van der Waals surface area contributed by atoms with E-state index >= 15 is 0 Å². The Morgan fingerprint density at radius 2 is 1.60 bits per heavy atom. The van der Waals surface area contributed by atoms with Gasteiger partial charge in [-0.1, -0.05) is 45.4 Å². The highest BCUT2D eigenvalue weighted by Gasteiger charge is 2.43. The van der Waals surface area contributed by atoms with Crippen molar-refractivity contribution >= 4 is 0 Å². The van der Waals surface area contributed by atoms with Gasteiger partial charge < -0.3 is 0 Å². The molecule has 2 aliphatic rings. The van der Waals surface area contributed by atoms with E-state index in [0.29, 0.717) is 0 Å². The summed E-state index contributed by atoms with van der Waals surface area (Å²) in [6.07, 6.45) is 18.3. The van der Waals surface area contributed by atoms with Crippen molar-refractivity contribution in [1.29, 1.82) is 0 Å². The minimum atomic E-state index is 0.857. The maximum absolute atomic E-state index is 2.30. The predicted molar refractivity (Wildman–Crippen MR) is 67.0 cm³/mol. The van der Waals surface area contributed by atoms with Gasteiger partial charge >= 0.3 is 0 Å². The van der Waals surface area contributed by atoms with E-state index in [1.807, 2.05) is 0 Å². The lowest BCUT2D eigenvalue weighted by Gasteiger charge is -2.26. The van der Waals surface area contributed by atoms with Crippen LogP contribution in [-0.4, -0.2) is 0 Å². The number of hydrogen-bond donors (Lipinski definition) is 0. The molecule has 0 saturated heterocycles. The van der Waals surface area contributed by atoms with Crippen LogP contribution in [0.1, 0.15) is 84.0 Å². The number of unbranched alkanes of at least 4 members (excludes halogenated alkanes) is 5. The SMILES string of the molecule is CCCCCCCCC12CCC(CC1)C2. The van der Waals surface area contributed by atoms with E-state index in [-0.39, 0.29) is 0 Å². The normalized spacial score (nSPS) is 33.8. The van der Waals surface area contributed by atoms with Crippen LogP contribution in [0.5, 0.6) is 0 Å². The average Bonchev–Trinajstić information content (AvgIpc) is 2.83. The molecule has 0 aromatic heterocycles. The fourth-order valence-electron chi connectivity index (χ4n) is 3.94. The molecule has 0 aromatic rings. The summed E-state index contributed by atoms with van der Waals surface area (Å²) in [5.41, 5.74) is 0.857. The largest absolute Gasteiger partial charge is 0.0654 e. The van der Waals surface area contributed by atoms with E-state index in [2.05, 4.69) is 6.92 Å². The molecule has 0 aromatic carbocycles. The maximum atomic E-state index is 2.30. The Morgan fingerprint density at radius 3 is 2.20 bits per heavy atom. The number of hydrogen-bond acceptors (Lipinski definition) is 0. The first kappa shape index (κ1) is 11.5. The lowest BCUT2D eigenvalue weighted by atomic mass is 9.79. The third-order valence-electron chi connectivity index (χ3n) is 4.95. The van der Waals surface area contributed by atoms with Gasteiger partial charge in [0, 0.05) is 0 Å². The molecule has 0 atom stereocenters. The zero-order valence-corrected chi connectivity index (χ0v) is 10.6. The molecule has 2 bridgehead atoms. The topological polar surface area (TPSA) is 0 Å². The van der Waals surface area contributed by atoms with Gasteiger partial charge in [0.15, 0.2) is 0 Å². The van der Waals surface area contributed by atoms with Crippen molar-refractivity contribution in [2.75, 3.05) is 0 Å². The highest BCUT2D eigenvalue weighted by Crippen LogP contribution is 2.56. The van der Waals surface area contributed by atoms with Gasteiger partial charge in [0.2, 0.25) is 0 Å². The summed E-state index contributed by atoms with van der Waals surface area (Å²) in [6.45, 7) is 2.30. The van der Waals surface area contributed by atoms with Gasteiger partial charge in [-0.15, -0.1) is 0 Å². The van der Waals surface area contributed by atoms with E-state index in [9.17, 15) is 0 Å². The monoisotopic (exact) mass is 208 g/mol. The van der Waals surface area contributed by atoms with Gasteiger partial charge in [0.1, 0.15) is 0 Å². The van der Waals surface area contributed by atoms with Crippen molar-refractivity contribution in [2.24, 2.45) is 11.3 Å². The van der Waals surface area contributed by atoms with Crippen LogP contribution in [0.2, 0.25) is 0 Å². The Kier molecular flexibility index (Phi) is 4.11. The van der Waals surface area contributed by atoms with Crippen LogP contribution in [0.3, 0.4) is 0 Å². The Hall–Kier alpha value is 0. The van der Waals surface area contributed by atoms with Gasteiger partial charge in [-0.25, -0.2) is 0 Å². The Balaban J connectivity index is 1.54. The van der Waals surface area contributed by atoms with Crippen molar-refractivity contribution in [3.05, 3.63) is 0 Å². The predicted octanol–water partition coefficient (Wildman–Crippen LogP) is 5.32. The molecule has 2 saturated carbocycles. The smallest absolute Gasteiger partial charge is 0.0295 e. The average molecular weight is 208 g/mol. The van der Waals surface area contributed by atoms with Crippen molar-refractivity contribution in [1.82, 2.24) is 0 Å². The maximum Gasteiger partial charge on any atom is -0.0295 e. The molecule has 0 amide bonds. The molecule has 2 rings (SSSR count). The lowest BCUT2D eigenvalue weighted by Crippen LogP contribution is -2.13. The second-order valence-corrected chi connectivity index (χ2v) is 6.17. The standard InChI is InChI=1S/C15H28/c1-2-3-4-5-6-7-10-15-11-8-14(13-15)9-12-15/h14H,2-13H2,1H3. The Labute approximate surface area is 95.8 Å². The van der Waals surface area contributed by atoms with Crippen LogP contribution in [0.4, 0.5) is 0 Å². The lowest BCUT2D eigenvalue weighted by molar-refractivity contribution is 0.260. The summed E-state index contributed by atoms with van der Waals surface area (Å²) in [5.74, 6) is 1.14. The van der Waals surface area contributed by atoms with Crippen LogP contribution < -0.4 is 0 Å². The van der Waals surface area contributed by atoms with E-state index in [0.717, 1.165) is 11.3 Å². The summed E-state index contributed by atoms with van der Waals surface area (Å²) < 4.78 is 0. The zero-order valence-electron chi connectivity index (χ0n) is 10.6.